The van der Waals surface area contributed by atoms with E-state index in [2.05, 4.69) is 10.6 Å². The topological polar surface area (TPSA) is 104 Å². The van der Waals surface area contributed by atoms with Crippen molar-refractivity contribution in [1.29, 1.82) is 0 Å². The molecule has 0 bridgehead atoms. The largest absolute Gasteiger partial charge is 0.478 e. The fourth-order valence-corrected chi connectivity index (χ4v) is 1.36. The summed E-state index contributed by atoms with van der Waals surface area (Å²) in [5.74, 6) is -1.08. The smallest absolute Gasteiger partial charge is 0.337 e. The van der Waals surface area contributed by atoms with E-state index < -0.39 is 12.0 Å². The van der Waals surface area contributed by atoms with Gasteiger partial charge in [0.1, 0.15) is 0 Å². The van der Waals surface area contributed by atoms with Crippen LogP contribution in [0.4, 0.5) is 10.5 Å². The van der Waals surface area contributed by atoms with Crippen molar-refractivity contribution in [3.05, 3.63) is 29.3 Å². The number of amides is 2. The Morgan fingerprint density at radius 3 is 2.71 bits per heavy atom. The van der Waals surface area contributed by atoms with Gasteiger partial charge in [0.25, 0.3) is 0 Å². The number of nitrogens with one attached hydrogen (secondary N) is 2. The number of carboxylic acid groups (broad SMARTS) is 1. The number of anilines is 1. The summed E-state index contributed by atoms with van der Waals surface area (Å²) in [6, 6.07) is 4.33. The van der Waals surface area contributed by atoms with Crippen molar-refractivity contribution in [2.45, 2.75) is 6.92 Å². The average molecular weight is 237 g/mol. The molecule has 0 heterocycles. The summed E-state index contributed by atoms with van der Waals surface area (Å²) < 4.78 is 0. The summed E-state index contributed by atoms with van der Waals surface area (Å²) in [6.45, 7) is 2.39. The zero-order valence-corrected chi connectivity index (χ0v) is 9.49. The molecule has 0 atom stereocenters. The first-order chi connectivity index (χ1) is 8.06. The number of aryl methyl sites for hydroxylation is 1. The lowest BCUT2D eigenvalue weighted by Crippen LogP contribution is -2.33. The van der Waals surface area contributed by atoms with Gasteiger partial charge in [-0.25, -0.2) is 9.59 Å². The number of aromatic carboxylic acids is 1. The number of carbonyl (C=O) groups excluding carboxylic acids is 1. The molecule has 0 aliphatic heterocycles. The van der Waals surface area contributed by atoms with Crippen molar-refractivity contribution in [2.24, 2.45) is 5.73 Å². The Balaban J connectivity index is 2.89. The number of urea groups is 1. The van der Waals surface area contributed by atoms with E-state index in [9.17, 15) is 9.59 Å². The summed E-state index contributed by atoms with van der Waals surface area (Å²) in [4.78, 5) is 22.4. The van der Waals surface area contributed by atoms with Crippen LogP contribution < -0.4 is 16.4 Å². The highest BCUT2D eigenvalue weighted by atomic mass is 16.4. The predicted molar refractivity (Wildman–Crippen MR) is 64.2 cm³/mol. The minimum Gasteiger partial charge on any atom is -0.478 e. The number of carbonyl (C=O) groups is 2. The van der Waals surface area contributed by atoms with Gasteiger partial charge >= 0.3 is 12.0 Å². The maximum atomic E-state index is 11.4. The number of rotatable bonds is 4. The Morgan fingerprint density at radius 1 is 1.41 bits per heavy atom. The summed E-state index contributed by atoms with van der Waals surface area (Å²) in [7, 11) is 0. The molecule has 1 rings (SSSR count). The van der Waals surface area contributed by atoms with Crippen LogP contribution in [-0.4, -0.2) is 30.2 Å². The molecular weight excluding hydrogens is 222 g/mol. The van der Waals surface area contributed by atoms with Gasteiger partial charge in [0, 0.05) is 13.1 Å². The van der Waals surface area contributed by atoms with Crippen LogP contribution >= 0.6 is 0 Å². The van der Waals surface area contributed by atoms with Crippen LogP contribution in [0.25, 0.3) is 0 Å². The van der Waals surface area contributed by atoms with Crippen LogP contribution in [0.5, 0.6) is 0 Å². The van der Waals surface area contributed by atoms with Crippen molar-refractivity contribution in [1.82, 2.24) is 5.32 Å². The van der Waals surface area contributed by atoms with E-state index in [1.165, 1.54) is 6.07 Å². The second kappa shape index (κ2) is 5.86. The Hall–Kier alpha value is -2.08. The van der Waals surface area contributed by atoms with Gasteiger partial charge in [-0.2, -0.15) is 0 Å². The number of hydrogen-bond donors (Lipinski definition) is 4. The van der Waals surface area contributed by atoms with Crippen molar-refractivity contribution in [3.63, 3.8) is 0 Å². The Morgan fingerprint density at radius 2 is 2.12 bits per heavy atom. The quantitative estimate of drug-likeness (QED) is 0.620. The summed E-state index contributed by atoms with van der Waals surface area (Å²) in [6.07, 6.45) is 0. The number of carboxylic acids is 1. The first-order valence-electron chi connectivity index (χ1n) is 5.14. The molecule has 1 aromatic carbocycles. The Bertz CT molecular complexity index is 432. The second-order valence-corrected chi connectivity index (χ2v) is 3.47. The van der Waals surface area contributed by atoms with Crippen LogP contribution in [-0.2, 0) is 0 Å². The highest BCUT2D eigenvalue weighted by Crippen LogP contribution is 2.20. The lowest BCUT2D eigenvalue weighted by atomic mass is 10.1. The number of benzene rings is 1. The molecular formula is C11H15N3O3. The third-order valence-corrected chi connectivity index (χ3v) is 2.17. The molecule has 6 heteroatoms. The van der Waals surface area contributed by atoms with Gasteiger partial charge in [-0.3, -0.25) is 0 Å². The standard InChI is InChI=1S/C11H15N3O3/c1-7-3-2-4-8(10(15)16)9(7)14-11(17)13-6-5-12/h2-4H,5-6,12H2,1H3,(H,15,16)(H2,13,14,17). The first kappa shape index (κ1) is 13.0. The van der Waals surface area contributed by atoms with E-state index in [1.54, 1.807) is 19.1 Å². The van der Waals surface area contributed by atoms with Crippen LogP contribution in [0, 0.1) is 6.92 Å². The SMILES string of the molecule is Cc1cccc(C(=O)O)c1NC(=O)NCCN. The fraction of sp³-hybridized carbons (Fsp3) is 0.273. The maximum absolute atomic E-state index is 11.4. The monoisotopic (exact) mass is 237 g/mol. The molecule has 0 aliphatic rings. The lowest BCUT2D eigenvalue weighted by molar-refractivity contribution is 0.0698. The molecule has 92 valence electrons. The molecule has 0 saturated carbocycles. The molecule has 6 nitrogen and oxygen atoms in total. The first-order valence-corrected chi connectivity index (χ1v) is 5.14. The fourth-order valence-electron chi connectivity index (χ4n) is 1.36. The zero-order chi connectivity index (χ0) is 12.8. The minimum atomic E-state index is -1.08. The molecule has 2 amide bonds. The van der Waals surface area contributed by atoms with Crippen LogP contribution in [0.1, 0.15) is 15.9 Å². The van der Waals surface area contributed by atoms with E-state index >= 15 is 0 Å². The number of hydrogen-bond acceptors (Lipinski definition) is 3. The number of para-hydroxylation sites is 1. The normalized spacial score (nSPS) is 9.76. The van der Waals surface area contributed by atoms with E-state index in [1.807, 2.05) is 0 Å². The lowest BCUT2D eigenvalue weighted by Gasteiger charge is -2.11. The molecule has 0 aliphatic carbocycles. The zero-order valence-electron chi connectivity index (χ0n) is 9.49. The van der Waals surface area contributed by atoms with E-state index in [4.69, 9.17) is 10.8 Å². The summed E-state index contributed by atoms with van der Waals surface area (Å²) in [5, 5.41) is 14.0. The third kappa shape index (κ3) is 3.46. The van der Waals surface area contributed by atoms with Crippen molar-refractivity contribution in [3.8, 4) is 0 Å². The van der Waals surface area contributed by atoms with E-state index in [0.717, 1.165) is 0 Å². The van der Waals surface area contributed by atoms with Crippen molar-refractivity contribution < 1.29 is 14.7 Å². The molecule has 0 fully saturated rings. The van der Waals surface area contributed by atoms with Crippen LogP contribution in [0.3, 0.4) is 0 Å². The van der Waals surface area contributed by atoms with E-state index in [-0.39, 0.29) is 5.56 Å². The Kier molecular flexibility index (Phi) is 4.47. The van der Waals surface area contributed by atoms with Gasteiger partial charge in [-0.15, -0.1) is 0 Å². The summed E-state index contributed by atoms with van der Waals surface area (Å²) >= 11 is 0. The summed E-state index contributed by atoms with van der Waals surface area (Å²) in [5.41, 5.74) is 6.29. The van der Waals surface area contributed by atoms with Gasteiger partial charge in [-0.1, -0.05) is 12.1 Å². The van der Waals surface area contributed by atoms with Crippen molar-refractivity contribution in [2.75, 3.05) is 18.4 Å². The highest BCUT2D eigenvalue weighted by molar-refractivity contribution is 6.00. The molecule has 0 aromatic heterocycles. The highest BCUT2D eigenvalue weighted by Gasteiger charge is 2.13. The maximum Gasteiger partial charge on any atom is 0.337 e. The molecule has 0 unspecified atom stereocenters. The van der Waals surface area contributed by atoms with Gasteiger partial charge < -0.3 is 21.5 Å². The third-order valence-electron chi connectivity index (χ3n) is 2.17. The molecule has 1 aromatic rings. The average Bonchev–Trinajstić information content (AvgIpc) is 2.28. The minimum absolute atomic E-state index is 0.0629. The van der Waals surface area contributed by atoms with Gasteiger partial charge in [0.05, 0.1) is 11.3 Å². The van der Waals surface area contributed by atoms with Gasteiger partial charge in [0.15, 0.2) is 0 Å². The molecule has 0 radical (unpaired) electrons. The Labute approximate surface area is 98.8 Å². The number of nitrogens with two attached hydrogens (primary N) is 1. The van der Waals surface area contributed by atoms with Gasteiger partial charge in [-0.05, 0) is 18.6 Å². The second-order valence-electron chi connectivity index (χ2n) is 3.47. The predicted octanol–water partition coefficient (Wildman–Crippen LogP) is 0.773. The van der Waals surface area contributed by atoms with E-state index in [0.29, 0.717) is 24.3 Å². The van der Waals surface area contributed by atoms with Crippen molar-refractivity contribution >= 4 is 17.7 Å². The molecule has 0 spiro atoms. The van der Waals surface area contributed by atoms with Gasteiger partial charge in [0.2, 0.25) is 0 Å². The molecule has 17 heavy (non-hydrogen) atoms. The van der Waals surface area contributed by atoms with Crippen LogP contribution in [0.15, 0.2) is 18.2 Å². The molecule has 0 saturated heterocycles. The van der Waals surface area contributed by atoms with Crippen LogP contribution in [0.2, 0.25) is 0 Å². The molecule has 5 N–H and O–H groups in total.